The van der Waals surface area contributed by atoms with Gasteiger partial charge < -0.3 is 10.2 Å². The van der Waals surface area contributed by atoms with Crippen LogP contribution in [-0.4, -0.2) is 51.0 Å². The second-order valence-electron chi connectivity index (χ2n) is 8.48. The lowest BCUT2D eigenvalue weighted by Crippen LogP contribution is -2.53. The fourth-order valence-electron chi connectivity index (χ4n) is 3.96. The molecular weight excluding hydrogens is 498 g/mol. The Morgan fingerprint density at radius 3 is 2.06 bits per heavy atom. The molecule has 0 radical (unpaired) electrons. The van der Waals surface area contributed by atoms with Gasteiger partial charge in [0.05, 0.1) is 11.9 Å². The van der Waals surface area contributed by atoms with Gasteiger partial charge in [0.1, 0.15) is 12.6 Å². The van der Waals surface area contributed by atoms with Crippen LogP contribution >= 0.6 is 11.6 Å². The van der Waals surface area contributed by atoms with E-state index in [0.717, 1.165) is 21.7 Å². The number of benzene rings is 3. The Hall–Kier alpha value is -3.36. The third-order valence-electron chi connectivity index (χ3n) is 5.90. The minimum Gasteiger partial charge on any atom is -0.357 e. The van der Waals surface area contributed by atoms with E-state index in [2.05, 4.69) is 5.32 Å². The number of carbonyl (C=O) groups is 2. The zero-order chi connectivity index (χ0) is 26.3. The zero-order valence-electron chi connectivity index (χ0n) is 20.5. The van der Waals surface area contributed by atoms with Crippen LogP contribution in [0.1, 0.15) is 16.7 Å². The second-order valence-corrected chi connectivity index (χ2v) is 10.8. The van der Waals surface area contributed by atoms with Gasteiger partial charge in [-0.1, -0.05) is 78.3 Å². The first-order valence-corrected chi connectivity index (χ1v) is 13.7. The average Bonchev–Trinajstić information content (AvgIpc) is 2.86. The van der Waals surface area contributed by atoms with E-state index in [1.54, 1.807) is 25.1 Å². The smallest absolute Gasteiger partial charge is 0.244 e. The van der Waals surface area contributed by atoms with Crippen LogP contribution in [0.4, 0.5) is 5.69 Å². The van der Waals surface area contributed by atoms with Crippen molar-refractivity contribution in [2.75, 3.05) is 24.2 Å². The Labute approximate surface area is 217 Å². The first kappa shape index (κ1) is 27.2. The first-order chi connectivity index (χ1) is 17.1. The predicted octanol–water partition coefficient (Wildman–Crippen LogP) is 3.80. The van der Waals surface area contributed by atoms with Crippen LogP contribution in [0.2, 0.25) is 5.02 Å². The minimum absolute atomic E-state index is 0.136. The van der Waals surface area contributed by atoms with Gasteiger partial charge in [-0.15, -0.1) is 0 Å². The second kappa shape index (κ2) is 12.1. The van der Waals surface area contributed by atoms with Crippen molar-refractivity contribution in [1.29, 1.82) is 0 Å². The van der Waals surface area contributed by atoms with Crippen molar-refractivity contribution in [3.63, 3.8) is 0 Å². The Bertz CT molecular complexity index is 1300. The number of carbonyl (C=O) groups excluding carboxylic acids is 2. The van der Waals surface area contributed by atoms with Gasteiger partial charge in [0.25, 0.3) is 0 Å². The van der Waals surface area contributed by atoms with Crippen LogP contribution < -0.4 is 9.62 Å². The standard InChI is InChI=1S/C27H30ClN3O4S/c1-20-23(28)15-10-16-24(20)31(36(3,34)35)19-26(32)30(18-22-13-8-5-9-14-22)25(27(33)29-2)17-21-11-6-4-7-12-21/h4-16,25H,17-19H2,1-3H3,(H,29,33)/t25-/m1/s1. The number of likely N-dealkylation sites (N-methyl/N-ethyl adjacent to an activating group) is 1. The number of nitrogens with one attached hydrogen (secondary N) is 1. The van der Waals surface area contributed by atoms with Crippen molar-refractivity contribution in [2.24, 2.45) is 0 Å². The zero-order valence-corrected chi connectivity index (χ0v) is 22.1. The van der Waals surface area contributed by atoms with Gasteiger partial charge in [0.15, 0.2) is 0 Å². The molecule has 0 unspecified atom stereocenters. The van der Waals surface area contributed by atoms with E-state index in [1.165, 1.54) is 11.9 Å². The monoisotopic (exact) mass is 527 g/mol. The summed E-state index contributed by atoms with van der Waals surface area (Å²) in [5.74, 6) is -0.846. The number of anilines is 1. The number of rotatable bonds is 10. The summed E-state index contributed by atoms with van der Waals surface area (Å²) >= 11 is 6.25. The molecule has 1 N–H and O–H groups in total. The Morgan fingerprint density at radius 1 is 0.917 bits per heavy atom. The van der Waals surface area contributed by atoms with Gasteiger partial charge in [-0.25, -0.2) is 8.42 Å². The maximum Gasteiger partial charge on any atom is 0.244 e. The molecule has 36 heavy (non-hydrogen) atoms. The lowest BCUT2D eigenvalue weighted by Gasteiger charge is -2.33. The van der Waals surface area contributed by atoms with Gasteiger partial charge in [-0.05, 0) is 35.7 Å². The predicted molar refractivity (Wildman–Crippen MR) is 143 cm³/mol. The van der Waals surface area contributed by atoms with Gasteiger partial charge in [-0.2, -0.15) is 0 Å². The molecule has 0 fully saturated rings. The highest BCUT2D eigenvalue weighted by Crippen LogP contribution is 2.28. The van der Waals surface area contributed by atoms with Crippen LogP contribution in [0.3, 0.4) is 0 Å². The van der Waals surface area contributed by atoms with Crippen LogP contribution in [0.25, 0.3) is 0 Å². The maximum atomic E-state index is 13.8. The topological polar surface area (TPSA) is 86.8 Å². The molecule has 0 saturated carbocycles. The van der Waals surface area contributed by atoms with Gasteiger partial charge in [0.2, 0.25) is 21.8 Å². The van der Waals surface area contributed by atoms with Crippen molar-refractivity contribution >= 4 is 39.1 Å². The molecule has 3 aromatic carbocycles. The van der Waals surface area contributed by atoms with E-state index in [-0.39, 0.29) is 18.9 Å². The summed E-state index contributed by atoms with van der Waals surface area (Å²) in [5.41, 5.74) is 2.55. The van der Waals surface area contributed by atoms with Gasteiger partial charge >= 0.3 is 0 Å². The van der Waals surface area contributed by atoms with Crippen molar-refractivity contribution in [3.8, 4) is 0 Å². The SMILES string of the molecule is CNC(=O)[C@@H](Cc1ccccc1)N(Cc1ccccc1)C(=O)CN(c1cccc(Cl)c1C)S(C)(=O)=O. The Kier molecular flexibility index (Phi) is 9.12. The number of sulfonamides is 1. The fraction of sp³-hybridized carbons (Fsp3) is 0.259. The lowest BCUT2D eigenvalue weighted by atomic mass is 10.0. The van der Waals surface area contributed by atoms with Crippen LogP contribution in [0, 0.1) is 6.92 Å². The molecule has 0 spiro atoms. The third kappa shape index (κ3) is 6.86. The van der Waals surface area contributed by atoms with E-state index in [0.29, 0.717) is 16.3 Å². The van der Waals surface area contributed by atoms with E-state index in [4.69, 9.17) is 11.6 Å². The van der Waals surface area contributed by atoms with E-state index >= 15 is 0 Å². The maximum absolute atomic E-state index is 13.8. The molecule has 0 bridgehead atoms. The van der Waals surface area contributed by atoms with Gasteiger partial charge in [0, 0.05) is 25.0 Å². The van der Waals surface area contributed by atoms with Crippen molar-refractivity contribution in [1.82, 2.24) is 10.2 Å². The first-order valence-electron chi connectivity index (χ1n) is 11.4. The molecule has 7 nitrogen and oxygen atoms in total. The summed E-state index contributed by atoms with van der Waals surface area (Å²) in [6, 6.07) is 22.7. The highest BCUT2D eigenvalue weighted by atomic mass is 35.5. The average molecular weight is 528 g/mol. The van der Waals surface area contributed by atoms with Crippen LogP contribution in [-0.2, 0) is 32.6 Å². The molecule has 0 aliphatic carbocycles. The minimum atomic E-state index is -3.84. The van der Waals surface area contributed by atoms with Crippen LogP contribution in [0.15, 0.2) is 78.9 Å². The quantitative estimate of drug-likeness (QED) is 0.434. The normalized spacial score (nSPS) is 12.0. The molecule has 0 saturated heterocycles. The molecule has 1 atom stereocenters. The van der Waals surface area contributed by atoms with Crippen molar-refractivity contribution in [3.05, 3.63) is 101 Å². The number of hydrogen-bond acceptors (Lipinski definition) is 4. The van der Waals surface area contributed by atoms with Crippen molar-refractivity contribution < 1.29 is 18.0 Å². The molecule has 3 rings (SSSR count). The number of hydrogen-bond donors (Lipinski definition) is 1. The highest BCUT2D eigenvalue weighted by Gasteiger charge is 2.33. The van der Waals surface area contributed by atoms with Crippen LogP contribution in [0.5, 0.6) is 0 Å². The van der Waals surface area contributed by atoms with Crippen molar-refractivity contribution in [2.45, 2.75) is 25.9 Å². The van der Waals surface area contributed by atoms with Gasteiger partial charge in [-0.3, -0.25) is 13.9 Å². The Morgan fingerprint density at radius 2 is 1.50 bits per heavy atom. The largest absolute Gasteiger partial charge is 0.357 e. The molecule has 0 aliphatic heterocycles. The summed E-state index contributed by atoms with van der Waals surface area (Å²) in [6.45, 7) is 1.36. The molecule has 0 aromatic heterocycles. The molecule has 3 aromatic rings. The number of halogens is 1. The number of amides is 2. The summed E-state index contributed by atoms with van der Waals surface area (Å²) in [7, 11) is -2.32. The Balaban J connectivity index is 2.03. The summed E-state index contributed by atoms with van der Waals surface area (Å²) in [6.07, 6.45) is 1.32. The fourth-order valence-corrected chi connectivity index (χ4v) is 5.03. The van der Waals surface area contributed by atoms with E-state index in [9.17, 15) is 18.0 Å². The summed E-state index contributed by atoms with van der Waals surface area (Å²) in [4.78, 5) is 28.3. The molecule has 0 heterocycles. The molecule has 0 aliphatic rings. The third-order valence-corrected chi connectivity index (χ3v) is 7.44. The summed E-state index contributed by atoms with van der Waals surface area (Å²) in [5, 5.41) is 3.05. The lowest BCUT2D eigenvalue weighted by molar-refractivity contribution is -0.139. The highest BCUT2D eigenvalue weighted by molar-refractivity contribution is 7.92. The van der Waals surface area contributed by atoms with E-state index < -0.39 is 28.5 Å². The molecule has 9 heteroatoms. The van der Waals surface area contributed by atoms with E-state index in [1.807, 2.05) is 60.7 Å². The molecular formula is C27H30ClN3O4S. The number of nitrogens with zero attached hydrogens (tertiary/aromatic N) is 2. The summed E-state index contributed by atoms with van der Waals surface area (Å²) < 4.78 is 26.6. The molecule has 2 amide bonds. The molecule has 190 valence electrons.